The number of likely N-dealkylation sites (tertiary alicyclic amines) is 2. The SMILES string of the molecule is O=C(NC1CCCCCC1)[C@H]1CCCN(C2CCN(C(=O)C3CC3)CC2)C1. The molecule has 4 aliphatic rings. The molecule has 0 aromatic carbocycles. The van der Waals surface area contributed by atoms with Crippen molar-refractivity contribution in [3.63, 3.8) is 0 Å². The predicted molar refractivity (Wildman–Crippen MR) is 106 cm³/mol. The molecule has 0 unspecified atom stereocenters. The Bertz CT molecular complexity index is 518. The minimum Gasteiger partial charge on any atom is -0.353 e. The van der Waals surface area contributed by atoms with E-state index in [1.807, 2.05) is 0 Å². The fraction of sp³-hybridized carbons (Fsp3) is 0.909. The van der Waals surface area contributed by atoms with Crippen LogP contribution in [0, 0.1) is 11.8 Å². The van der Waals surface area contributed by atoms with E-state index in [-0.39, 0.29) is 5.92 Å². The Morgan fingerprint density at radius 2 is 1.41 bits per heavy atom. The van der Waals surface area contributed by atoms with Crippen LogP contribution >= 0.6 is 0 Å². The van der Waals surface area contributed by atoms with E-state index in [0.717, 1.165) is 77.5 Å². The third kappa shape index (κ3) is 5.04. The van der Waals surface area contributed by atoms with E-state index in [4.69, 9.17) is 0 Å². The van der Waals surface area contributed by atoms with E-state index < -0.39 is 0 Å². The van der Waals surface area contributed by atoms with E-state index in [1.165, 1.54) is 25.7 Å². The van der Waals surface area contributed by atoms with Crippen molar-refractivity contribution < 1.29 is 9.59 Å². The lowest BCUT2D eigenvalue weighted by molar-refractivity contribution is -0.134. The summed E-state index contributed by atoms with van der Waals surface area (Å²) in [4.78, 5) is 29.7. The molecule has 152 valence electrons. The molecule has 2 saturated carbocycles. The van der Waals surface area contributed by atoms with Crippen LogP contribution < -0.4 is 5.32 Å². The molecule has 4 rings (SSSR count). The summed E-state index contributed by atoms with van der Waals surface area (Å²) in [5.41, 5.74) is 0. The molecule has 2 saturated heterocycles. The Morgan fingerprint density at radius 3 is 2.07 bits per heavy atom. The maximum atomic E-state index is 12.8. The molecule has 5 heteroatoms. The highest BCUT2D eigenvalue weighted by Gasteiger charge is 2.37. The number of amides is 2. The van der Waals surface area contributed by atoms with Gasteiger partial charge in [0.2, 0.25) is 11.8 Å². The third-order valence-corrected chi connectivity index (χ3v) is 7.24. The molecule has 2 amide bonds. The molecule has 2 aliphatic heterocycles. The number of carbonyl (C=O) groups is 2. The molecule has 1 atom stereocenters. The molecule has 2 heterocycles. The van der Waals surface area contributed by atoms with Crippen LogP contribution in [0.25, 0.3) is 0 Å². The van der Waals surface area contributed by atoms with E-state index in [9.17, 15) is 9.59 Å². The van der Waals surface area contributed by atoms with Gasteiger partial charge in [-0.05, 0) is 57.9 Å². The van der Waals surface area contributed by atoms with Crippen LogP contribution in [0.1, 0.15) is 77.0 Å². The van der Waals surface area contributed by atoms with Gasteiger partial charge in [-0.25, -0.2) is 0 Å². The third-order valence-electron chi connectivity index (χ3n) is 7.24. The van der Waals surface area contributed by atoms with Gasteiger partial charge in [-0.1, -0.05) is 25.7 Å². The van der Waals surface area contributed by atoms with Gasteiger partial charge in [-0.3, -0.25) is 14.5 Å². The van der Waals surface area contributed by atoms with Crippen molar-refractivity contribution in [3.05, 3.63) is 0 Å². The van der Waals surface area contributed by atoms with Crippen molar-refractivity contribution in [1.29, 1.82) is 0 Å². The molecule has 0 aromatic rings. The summed E-state index contributed by atoms with van der Waals surface area (Å²) >= 11 is 0. The Hall–Kier alpha value is -1.10. The summed E-state index contributed by atoms with van der Waals surface area (Å²) in [5, 5.41) is 3.37. The van der Waals surface area contributed by atoms with Crippen LogP contribution in [0.2, 0.25) is 0 Å². The van der Waals surface area contributed by atoms with Crippen molar-refractivity contribution in [2.45, 2.75) is 89.1 Å². The first-order valence-electron chi connectivity index (χ1n) is 11.5. The second-order valence-corrected chi connectivity index (χ2v) is 9.36. The molecule has 0 radical (unpaired) electrons. The Morgan fingerprint density at radius 1 is 0.704 bits per heavy atom. The minimum atomic E-state index is 0.160. The molecular weight excluding hydrogens is 338 g/mol. The number of carbonyl (C=O) groups excluding carboxylic acids is 2. The standard InChI is InChI=1S/C22H37N3O2/c26-21(23-19-7-3-1-2-4-8-19)18-6-5-13-25(16-18)20-11-14-24(15-12-20)22(27)17-9-10-17/h17-20H,1-16H2,(H,23,26)/t18-/m0/s1. The summed E-state index contributed by atoms with van der Waals surface area (Å²) < 4.78 is 0. The number of nitrogens with one attached hydrogen (secondary N) is 1. The normalized spacial score (nSPS) is 29.3. The van der Waals surface area contributed by atoms with Gasteiger partial charge in [0.05, 0.1) is 5.92 Å². The van der Waals surface area contributed by atoms with Gasteiger partial charge >= 0.3 is 0 Å². The van der Waals surface area contributed by atoms with Gasteiger partial charge in [0.25, 0.3) is 0 Å². The highest BCUT2D eigenvalue weighted by molar-refractivity contribution is 5.81. The summed E-state index contributed by atoms with van der Waals surface area (Å²) in [7, 11) is 0. The van der Waals surface area contributed by atoms with Crippen molar-refractivity contribution in [1.82, 2.24) is 15.1 Å². The van der Waals surface area contributed by atoms with Gasteiger partial charge < -0.3 is 10.2 Å². The lowest BCUT2D eigenvalue weighted by Gasteiger charge is -2.42. The van der Waals surface area contributed by atoms with Crippen LogP contribution in [-0.2, 0) is 9.59 Å². The number of piperidine rings is 2. The van der Waals surface area contributed by atoms with Gasteiger partial charge in [0.1, 0.15) is 0 Å². The van der Waals surface area contributed by atoms with Crippen LogP contribution in [0.15, 0.2) is 0 Å². The van der Waals surface area contributed by atoms with E-state index >= 15 is 0 Å². The Labute approximate surface area is 164 Å². The topological polar surface area (TPSA) is 52.7 Å². The van der Waals surface area contributed by atoms with Gasteiger partial charge in [-0.15, -0.1) is 0 Å². The van der Waals surface area contributed by atoms with Gasteiger partial charge in [0.15, 0.2) is 0 Å². The lowest BCUT2D eigenvalue weighted by Crippen LogP contribution is -2.52. The van der Waals surface area contributed by atoms with Crippen molar-refractivity contribution in [3.8, 4) is 0 Å². The fourth-order valence-corrected chi connectivity index (χ4v) is 5.33. The number of hydrogen-bond donors (Lipinski definition) is 1. The van der Waals surface area contributed by atoms with Gasteiger partial charge in [0, 0.05) is 37.6 Å². The van der Waals surface area contributed by atoms with E-state index in [1.54, 1.807) is 0 Å². The average molecular weight is 376 g/mol. The zero-order chi connectivity index (χ0) is 18.6. The monoisotopic (exact) mass is 375 g/mol. The van der Waals surface area contributed by atoms with Crippen molar-refractivity contribution in [2.75, 3.05) is 26.2 Å². The molecule has 4 fully saturated rings. The fourth-order valence-electron chi connectivity index (χ4n) is 5.33. The smallest absolute Gasteiger partial charge is 0.225 e. The van der Waals surface area contributed by atoms with Crippen LogP contribution in [0.4, 0.5) is 0 Å². The first-order valence-corrected chi connectivity index (χ1v) is 11.5. The van der Waals surface area contributed by atoms with Crippen LogP contribution in [-0.4, -0.2) is 59.9 Å². The highest BCUT2D eigenvalue weighted by atomic mass is 16.2. The Balaban J connectivity index is 1.24. The van der Waals surface area contributed by atoms with Crippen LogP contribution in [0.5, 0.6) is 0 Å². The zero-order valence-electron chi connectivity index (χ0n) is 16.8. The lowest BCUT2D eigenvalue weighted by atomic mass is 9.92. The summed E-state index contributed by atoms with van der Waals surface area (Å²) in [6.45, 7) is 3.86. The quantitative estimate of drug-likeness (QED) is 0.769. The van der Waals surface area contributed by atoms with Crippen molar-refractivity contribution in [2.24, 2.45) is 11.8 Å². The predicted octanol–water partition coefficient (Wildman–Crippen LogP) is 2.94. The first-order chi connectivity index (χ1) is 13.2. The molecule has 2 aliphatic carbocycles. The summed E-state index contributed by atoms with van der Waals surface area (Å²) in [5.74, 6) is 1.20. The molecular formula is C22H37N3O2. The number of nitrogens with zero attached hydrogens (tertiary/aromatic N) is 2. The molecule has 5 nitrogen and oxygen atoms in total. The molecule has 0 bridgehead atoms. The van der Waals surface area contributed by atoms with Crippen molar-refractivity contribution >= 4 is 11.8 Å². The first kappa shape index (κ1) is 19.2. The second kappa shape index (κ2) is 8.93. The maximum absolute atomic E-state index is 12.8. The molecule has 27 heavy (non-hydrogen) atoms. The summed E-state index contributed by atoms with van der Waals surface area (Å²) in [6.07, 6.45) is 14.0. The van der Waals surface area contributed by atoms with Gasteiger partial charge in [-0.2, -0.15) is 0 Å². The Kier molecular flexibility index (Phi) is 6.36. The summed E-state index contributed by atoms with van der Waals surface area (Å²) in [6, 6.07) is 0.966. The highest BCUT2D eigenvalue weighted by Crippen LogP contribution is 2.32. The average Bonchev–Trinajstić information content (AvgIpc) is 3.56. The second-order valence-electron chi connectivity index (χ2n) is 9.36. The molecule has 0 spiro atoms. The van der Waals surface area contributed by atoms with Crippen LogP contribution in [0.3, 0.4) is 0 Å². The minimum absolute atomic E-state index is 0.160. The van der Waals surface area contributed by atoms with E-state index in [0.29, 0.717) is 29.8 Å². The largest absolute Gasteiger partial charge is 0.353 e. The number of hydrogen-bond acceptors (Lipinski definition) is 3. The molecule has 0 aromatic heterocycles. The van der Waals surface area contributed by atoms with E-state index in [2.05, 4.69) is 15.1 Å². The maximum Gasteiger partial charge on any atom is 0.225 e. The number of rotatable bonds is 4. The molecule has 1 N–H and O–H groups in total. The zero-order valence-corrected chi connectivity index (χ0v) is 16.8.